The molecular formula is C25H25F3N6O4S2. The van der Waals surface area contributed by atoms with Gasteiger partial charge in [0.2, 0.25) is 0 Å². The minimum absolute atomic E-state index is 0.0734. The Bertz CT molecular complexity index is 1800. The highest BCUT2D eigenvalue weighted by Gasteiger charge is 2.39. The molecule has 40 heavy (non-hydrogen) atoms. The van der Waals surface area contributed by atoms with Crippen molar-refractivity contribution in [3.05, 3.63) is 56.7 Å². The number of benzene rings is 1. The maximum absolute atomic E-state index is 14.0. The summed E-state index contributed by atoms with van der Waals surface area (Å²) in [5.41, 5.74) is -1.37. The topological polar surface area (TPSA) is 138 Å². The molecule has 0 spiro atoms. The summed E-state index contributed by atoms with van der Waals surface area (Å²) in [6.07, 6.45) is -4.73. The number of carbonyl (C=O) groups is 1. The van der Waals surface area contributed by atoms with Crippen molar-refractivity contribution in [1.29, 1.82) is 0 Å². The zero-order valence-corrected chi connectivity index (χ0v) is 23.5. The van der Waals surface area contributed by atoms with Crippen LogP contribution in [0.4, 0.5) is 18.9 Å². The molecule has 5 rings (SSSR count). The lowest BCUT2D eigenvalue weighted by Gasteiger charge is -2.34. The van der Waals surface area contributed by atoms with Crippen LogP contribution in [0.3, 0.4) is 0 Å². The summed E-state index contributed by atoms with van der Waals surface area (Å²) in [6, 6.07) is 4.80. The Morgan fingerprint density at radius 2 is 1.80 bits per heavy atom. The predicted molar refractivity (Wildman–Crippen MR) is 145 cm³/mol. The lowest BCUT2D eigenvalue weighted by Crippen LogP contribution is -2.52. The van der Waals surface area contributed by atoms with Gasteiger partial charge in [-0.3, -0.25) is 9.59 Å². The van der Waals surface area contributed by atoms with E-state index in [1.165, 1.54) is 18.7 Å². The second kappa shape index (κ2) is 9.80. The number of hydrogen-bond donors (Lipinski definition) is 2. The first-order chi connectivity index (χ1) is 18.6. The molecule has 3 aromatic heterocycles. The van der Waals surface area contributed by atoms with Gasteiger partial charge >= 0.3 is 6.18 Å². The smallest absolute Gasteiger partial charge is 0.377 e. The third kappa shape index (κ3) is 5.03. The number of sulfone groups is 1. The SMILES string of the molecule is Cc1nc2cc(C(F)(F)F)c(C(C)Nc3ccc4nc(C(=O)N5CC(C)S(=O)(=O)C(C)C5)sc4c3)nc2c(=O)[nH]1. The molecule has 15 heteroatoms. The number of carbonyl (C=O) groups excluding carboxylic acids is 1. The Kier molecular flexibility index (Phi) is 6.85. The van der Waals surface area contributed by atoms with Gasteiger partial charge in [-0.05, 0) is 52.0 Å². The number of alkyl halides is 3. The van der Waals surface area contributed by atoms with E-state index in [2.05, 4.69) is 25.3 Å². The number of amides is 1. The van der Waals surface area contributed by atoms with Crippen LogP contribution in [0.1, 0.15) is 53.7 Å². The fourth-order valence-electron chi connectivity index (χ4n) is 4.78. The van der Waals surface area contributed by atoms with E-state index >= 15 is 0 Å². The standard InChI is InChI=1S/C25H25F3N6O4S2/c1-11-9-34(10-12(2)40(11,37)38)24(36)23-32-17-6-5-15(7-19(17)39-23)29-13(3)20-16(25(26,27)28)8-18-21(33-20)22(35)31-14(4)30-18/h5-8,11-13,29H,9-10H2,1-4H3,(H,30,31,35). The summed E-state index contributed by atoms with van der Waals surface area (Å²) in [5, 5.41) is 1.82. The van der Waals surface area contributed by atoms with Crippen LogP contribution in [0.25, 0.3) is 21.3 Å². The lowest BCUT2D eigenvalue weighted by atomic mass is 10.1. The average Bonchev–Trinajstić information content (AvgIpc) is 3.29. The third-order valence-electron chi connectivity index (χ3n) is 6.86. The number of halogens is 3. The number of aromatic nitrogens is 4. The highest BCUT2D eigenvalue weighted by molar-refractivity contribution is 7.92. The van der Waals surface area contributed by atoms with Gasteiger partial charge in [0.25, 0.3) is 11.5 Å². The number of thiazole rings is 1. The first-order valence-corrected chi connectivity index (χ1v) is 14.8. The fraction of sp³-hybridized carbons (Fsp3) is 0.400. The van der Waals surface area contributed by atoms with Crippen LogP contribution in [0.2, 0.25) is 0 Å². The average molecular weight is 595 g/mol. The molecule has 212 valence electrons. The van der Waals surface area contributed by atoms with Gasteiger partial charge in [-0.2, -0.15) is 13.2 Å². The zero-order chi connectivity index (χ0) is 29.1. The molecule has 0 radical (unpaired) electrons. The molecular weight excluding hydrogens is 569 g/mol. The van der Waals surface area contributed by atoms with E-state index in [1.807, 2.05) is 0 Å². The van der Waals surface area contributed by atoms with Crippen molar-refractivity contribution in [3.8, 4) is 0 Å². The summed E-state index contributed by atoms with van der Waals surface area (Å²) < 4.78 is 67.1. The molecule has 1 aromatic carbocycles. The van der Waals surface area contributed by atoms with Crippen LogP contribution in [0.5, 0.6) is 0 Å². The molecule has 2 N–H and O–H groups in total. The van der Waals surface area contributed by atoms with E-state index in [-0.39, 0.29) is 46.6 Å². The van der Waals surface area contributed by atoms with Gasteiger partial charge < -0.3 is 15.2 Å². The molecule has 0 saturated carbocycles. The van der Waals surface area contributed by atoms with E-state index in [0.29, 0.717) is 15.9 Å². The number of pyridine rings is 1. The minimum Gasteiger partial charge on any atom is -0.377 e. The summed E-state index contributed by atoms with van der Waals surface area (Å²) in [6.45, 7) is 6.26. The van der Waals surface area contributed by atoms with Crippen molar-refractivity contribution in [2.24, 2.45) is 0 Å². The number of H-pyrrole nitrogens is 1. The van der Waals surface area contributed by atoms with Gasteiger partial charge in [-0.25, -0.2) is 23.4 Å². The van der Waals surface area contributed by atoms with Gasteiger partial charge in [-0.15, -0.1) is 11.3 Å². The summed E-state index contributed by atoms with van der Waals surface area (Å²) >= 11 is 1.11. The van der Waals surface area contributed by atoms with Crippen molar-refractivity contribution in [3.63, 3.8) is 0 Å². The normalized spacial score (nSPS) is 20.1. The molecule has 4 aromatic rings. The first-order valence-electron chi connectivity index (χ1n) is 12.3. The zero-order valence-electron chi connectivity index (χ0n) is 21.8. The number of rotatable bonds is 4. The molecule has 10 nitrogen and oxygen atoms in total. The number of hydrogen-bond acceptors (Lipinski definition) is 9. The van der Waals surface area contributed by atoms with Crippen molar-refractivity contribution >= 4 is 54.0 Å². The highest BCUT2D eigenvalue weighted by atomic mass is 32.2. The molecule has 0 aliphatic carbocycles. The molecule has 1 saturated heterocycles. The third-order valence-corrected chi connectivity index (χ3v) is 10.4. The molecule has 3 atom stereocenters. The molecule has 3 unspecified atom stereocenters. The largest absolute Gasteiger partial charge is 0.418 e. The molecule has 0 bridgehead atoms. The van der Waals surface area contributed by atoms with Gasteiger partial charge in [0.1, 0.15) is 5.82 Å². The predicted octanol–water partition coefficient (Wildman–Crippen LogP) is 4.08. The number of fused-ring (bicyclic) bond motifs is 2. The van der Waals surface area contributed by atoms with Crippen molar-refractivity contribution in [2.45, 2.75) is 50.4 Å². The monoisotopic (exact) mass is 594 g/mol. The first kappa shape index (κ1) is 28.0. The van der Waals surface area contributed by atoms with Gasteiger partial charge in [-0.1, -0.05) is 0 Å². The molecule has 1 aliphatic heterocycles. The highest BCUT2D eigenvalue weighted by Crippen LogP contribution is 2.36. The van der Waals surface area contributed by atoms with Crippen LogP contribution in [0.15, 0.2) is 29.1 Å². The van der Waals surface area contributed by atoms with Crippen molar-refractivity contribution in [2.75, 3.05) is 18.4 Å². The number of anilines is 1. The summed E-state index contributed by atoms with van der Waals surface area (Å²) in [4.78, 5) is 41.8. The van der Waals surface area contributed by atoms with E-state index in [4.69, 9.17) is 0 Å². The Morgan fingerprint density at radius 3 is 2.45 bits per heavy atom. The maximum atomic E-state index is 14.0. The lowest BCUT2D eigenvalue weighted by molar-refractivity contribution is -0.138. The van der Waals surface area contributed by atoms with Crippen molar-refractivity contribution < 1.29 is 26.4 Å². The van der Waals surface area contributed by atoms with Gasteiger partial charge in [0, 0.05) is 18.8 Å². The van der Waals surface area contributed by atoms with Crippen LogP contribution >= 0.6 is 11.3 Å². The quantitative estimate of drug-likeness (QED) is 0.361. The molecule has 4 heterocycles. The number of nitrogens with one attached hydrogen (secondary N) is 2. The van der Waals surface area contributed by atoms with E-state index < -0.39 is 43.7 Å². The van der Waals surface area contributed by atoms with Crippen molar-refractivity contribution in [1.82, 2.24) is 24.8 Å². The number of aromatic amines is 1. The fourth-order valence-corrected chi connectivity index (χ4v) is 7.32. The van der Waals surface area contributed by atoms with Crippen LogP contribution < -0.4 is 10.9 Å². The molecule has 1 amide bonds. The van der Waals surface area contributed by atoms with E-state index in [0.717, 1.165) is 17.4 Å². The maximum Gasteiger partial charge on any atom is 0.418 e. The summed E-state index contributed by atoms with van der Waals surface area (Å²) in [7, 11) is -3.30. The Balaban J connectivity index is 1.43. The number of nitrogens with zero attached hydrogens (tertiary/aromatic N) is 4. The second-order valence-corrected chi connectivity index (χ2v) is 13.7. The molecule has 1 fully saturated rings. The minimum atomic E-state index is -4.73. The summed E-state index contributed by atoms with van der Waals surface area (Å²) in [5.74, 6) is -0.196. The van der Waals surface area contributed by atoms with Gasteiger partial charge in [0.05, 0.1) is 43.5 Å². The van der Waals surface area contributed by atoms with Crippen LogP contribution in [0, 0.1) is 6.92 Å². The molecule has 1 aliphatic rings. The Hall–Kier alpha value is -3.59. The van der Waals surface area contributed by atoms with Crippen LogP contribution in [-0.2, 0) is 16.0 Å². The Labute approximate surface area is 230 Å². The van der Waals surface area contributed by atoms with E-state index in [1.54, 1.807) is 32.0 Å². The second-order valence-electron chi connectivity index (χ2n) is 9.93. The van der Waals surface area contributed by atoms with Gasteiger partial charge in [0.15, 0.2) is 20.4 Å². The Morgan fingerprint density at radius 1 is 1.12 bits per heavy atom. The number of aryl methyl sites for hydroxylation is 1. The van der Waals surface area contributed by atoms with Crippen LogP contribution in [-0.4, -0.2) is 62.8 Å². The van der Waals surface area contributed by atoms with E-state index in [9.17, 15) is 31.2 Å².